The fourth-order valence-corrected chi connectivity index (χ4v) is 4.61. The van der Waals surface area contributed by atoms with Gasteiger partial charge in [-0.25, -0.2) is 18.4 Å². The van der Waals surface area contributed by atoms with Gasteiger partial charge in [0.25, 0.3) is 0 Å². The SMILES string of the molecule is Cc1cc(-n2cc(F)cn2)c2cccc(OCc3c(Cl)cc(F)cc3[C@H](C)NC(=O)COCC3CC3)c2n1. The van der Waals surface area contributed by atoms with Gasteiger partial charge in [0, 0.05) is 16.6 Å². The number of nitrogens with one attached hydrogen (secondary N) is 1. The third-order valence-corrected chi connectivity index (χ3v) is 6.74. The topological polar surface area (TPSA) is 78.3 Å². The van der Waals surface area contributed by atoms with Gasteiger partial charge in [-0.2, -0.15) is 5.10 Å². The van der Waals surface area contributed by atoms with Gasteiger partial charge in [-0.3, -0.25) is 4.79 Å². The summed E-state index contributed by atoms with van der Waals surface area (Å²) in [6.45, 7) is 4.10. The molecule has 7 nitrogen and oxygen atoms in total. The Bertz CT molecular complexity index is 1490. The number of aromatic nitrogens is 3. The van der Waals surface area contributed by atoms with Crippen molar-refractivity contribution in [2.24, 2.45) is 5.92 Å². The van der Waals surface area contributed by atoms with Crippen LogP contribution in [0, 0.1) is 24.5 Å². The van der Waals surface area contributed by atoms with E-state index >= 15 is 0 Å². The van der Waals surface area contributed by atoms with Gasteiger partial charge in [-0.1, -0.05) is 23.7 Å². The summed E-state index contributed by atoms with van der Waals surface area (Å²) in [4.78, 5) is 17.0. The highest BCUT2D eigenvalue weighted by Crippen LogP contribution is 2.32. The van der Waals surface area contributed by atoms with Crippen LogP contribution in [0.15, 0.2) is 48.8 Å². The van der Waals surface area contributed by atoms with Crippen molar-refractivity contribution in [1.82, 2.24) is 20.1 Å². The summed E-state index contributed by atoms with van der Waals surface area (Å²) in [5.41, 5.74) is 2.96. The fraction of sp³-hybridized carbons (Fsp3) is 0.321. The van der Waals surface area contributed by atoms with E-state index in [4.69, 9.17) is 21.1 Å². The minimum absolute atomic E-state index is 0.00725. The van der Waals surface area contributed by atoms with E-state index in [-0.39, 0.29) is 24.1 Å². The van der Waals surface area contributed by atoms with E-state index < -0.39 is 17.7 Å². The zero-order valence-electron chi connectivity index (χ0n) is 21.0. The third-order valence-electron chi connectivity index (χ3n) is 6.40. The first kappa shape index (κ1) is 26.1. The molecule has 4 aromatic rings. The summed E-state index contributed by atoms with van der Waals surface area (Å²) in [6.07, 6.45) is 4.70. The molecule has 1 saturated carbocycles. The second kappa shape index (κ2) is 11.0. The highest BCUT2D eigenvalue weighted by molar-refractivity contribution is 6.31. The number of aryl methyl sites for hydroxylation is 1. The summed E-state index contributed by atoms with van der Waals surface area (Å²) in [6, 6.07) is 9.25. The van der Waals surface area contributed by atoms with Crippen LogP contribution in [0.3, 0.4) is 0 Å². The molecular weight excluding hydrogens is 514 g/mol. The van der Waals surface area contributed by atoms with Gasteiger partial charge in [0.05, 0.1) is 35.8 Å². The number of hydrogen-bond donors (Lipinski definition) is 1. The van der Waals surface area contributed by atoms with E-state index in [1.165, 1.54) is 23.0 Å². The molecule has 2 heterocycles. The highest BCUT2D eigenvalue weighted by Gasteiger charge is 2.23. The largest absolute Gasteiger partial charge is 0.487 e. The van der Waals surface area contributed by atoms with Crippen molar-refractivity contribution in [3.63, 3.8) is 0 Å². The van der Waals surface area contributed by atoms with Gasteiger partial charge < -0.3 is 14.8 Å². The number of hydrogen-bond acceptors (Lipinski definition) is 5. The number of fused-ring (bicyclic) bond motifs is 1. The Hall–Kier alpha value is -3.56. The molecule has 1 aliphatic rings. The van der Waals surface area contributed by atoms with Crippen LogP contribution in [0.1, 0.15) is 42.6 Å². The number of carbonyl (C=O) groups excluding carboxylic acids is 1. The predicted octanol–water partition coefficient (Wildman–Crippen LogP) is 5.84. The van der Waals surface area contributed by atoms with Crippen molar-refractivity contribution in [2.45, 2.75) is 39.3 Å². The molecular formula is C28H27ClF2N4O3. The highest BCUT2D eigenvalue weighted by atomic mass is 35.5. The molecule has 1 aliphatic carbocycles. The third kappa shape index (κ3) is 5.95. The number of para-hydroxylation sites is 1. The van der Waals surface area contributed by atoms with Crippen molar-refractivity contribution in [2.75, 3.05) is 13.2 Å². The molecule has 10 heteroatoms. The molecule has 1 atom stereocenters. The molecule has 198 valence electrons. The van der Waals surface area contributed by atoms with E-state index in [9.17, 15) is 13.6 Å². The smallest absolute Gasteiger partial charge is 0.246 e. The number of halogens is 3. The summed E-state index contributed by atoms with van der Waals surface area (Å²) in [7, 11) is 0. The number of amides is 1. The van der Waals surface area contributed by atoms with Crippen molar-refractivity contribution < 1.29 is 23.0 Å². The minimum Gasteiger partial charge on any atom is -0.487 e. The molecule has 2 aromatic heterocycles. The van der Waals surface area contributed by atoms with E-state index in [1.54, 1.807) is 19.1 Å². The standard InChI is InChI=1S/C28H27ClF2N4O3/c1-16-8-25(35-12-20(31)11-32-35)21-4-3-5-26(28(21)33-16)38-14-23-22(9-19(30)10-24(23)29)17(2)34-27(36)15-37-13-18-6-7-18/h3-5,8-12,17-18H,6-7,13-15H2,1-2H3,(H,34,36)/t17-/m0/s1. The van der Waals surface area contributed by atoms with Crippen LogP contribution in [-0.2, 0) is 16.1 Å². The Balaban J connectivity index is 1.38. The van der Waals surface area contributed by atoms with Gasteiger partial charge >= 0.3 is 0 Å². The van der Waals surface area contributed by atoms with Crippen LogP contribution < -0.4 is 10.1 Å². The summed E-state index contributed by atoms with van der Waals surface area (Å²) in [5, 5.41) is 7.83. The first-order valence-electron chi connectivity index (χ1n) is 12.4. The maximum absolute atomic E-state index is 14.3. The molecule has 1 fully saturated rings. The van der Waals surface area contributed by atoms with E-state index in [0.717, 1.165) is 19.0 Å². The minimum atomic E-state index is -0.534. The van der Waals surface area contributed by atoms with Gasteiger partial charge in [-0.15, -0.1) is 0 Å². The zero-order chi connectivity index (χ0) is 26.8. The van der Waals surface area contributed by atoms with E-state index in [1.807, 2.05) is 19.1 Å². The van der Waals surface area contributed by atoms with Gasteiger partial charge in [0.1, 0.15) is 30.3 Å². The maximum Gasteiger partial charge on any atom is 0.246 e. The number of benzene rings is 2. The van der Waals surface area contributed by atoms with Crippen LogP contribution in [0.4, 0.5) is 8.78 Å². The average Bonchev–Trinajstić information content (AvgIpc) is 3.59. The first-order chi connectivity index (χ1) is 18.3. The second-order valence-corrected chi connectivity index (χ2v) is 9.94. The molecule has 0 radical (unpaired) electrons. The Morgan fingerprint density at radius 3 is 2.79 bits per heavy atom. The van der Waals surface area contributed by atoms with Gasteiger partial charge in [-0.05, 0) is 62.4 Å². The van der Waals surface area contributed by atoms with Crippen molar-refractivity contribution in [3.05, 3.63) is 82.3 Å². The molecule has 2 aromatic carbocycles. The Kier molecular flexibility index (Phi) is 7.58. The molecule has 1 N–H and O–H groups in total. The first-order valence-corrected chi connectivity index (χ1v) is 12.7. The van der Waals surface area contributed by atoms with Gasteiger partial charge in [0.2, 0.25) is 5.91 Å². The lowest BCUT2D eigenvalue weighted by Gasteiger charge is -2.20. The normalized spacial score (nSPS) is 14.0. The zero-order valence-corrected chi connectivity index (χ0v) is 21.8. The summed E-state index contributed by atoms with van der Waals surface area (Å²) in [5.74, 6) is -0.235. The van der Waals surface area contributed by atoms with Crippen molar-refractivity contribution >= 4 is 28.4 Å². The molecule has 5 rings (SSSR count). The molecule has 0 saturated heterocycles. The van der Waals surface area contributed by atoms with E-state index in [2.05, 4.69) is 15.4 Å². The fourth-order valence-electron chi connectivity index (χ4n) is 4.34. The number of carbonyl (C=O) groups is 1. The molecule has 0 spiro atoms. The van der Waals surface area contributed by atoms with Crippen molar-refractivity contribution in [1.29, 1.82) is 0 Å². The van der Waals surface area contributed by atoms with Crippen LogP contribution in [0.25, 0.3) is 16.6 Å². The Morgan fingerprint density at radius 2 is 2.05 bits per heavy atom. The Morgan fingerprint density at radius 1 is 1.24 bits per heavy atom. The van der Waals surface area contributed by atoms with Crippen LogP contribution in [-0.4, -0.2) is 33.9 Å². The van der Waals surface area contributed by atoms with Crippen LogP contribution in [0.5, 0.6) is 5.75 Å². The number of nitrogens with zero attached hydrogens (tertiary/aromatic N) is 3. The number of rotatable bonds is 10. The van der Waals surface area contributed by atoms with E-state index in [0.29, 0.717) is 51.7 Å². The Labute approximate surface area is 223 Å². The monoisotopic (exact) mass is 540 g/mol. The molecule has 0 bridgehead atoms. The number of pyridine rings is 1. The van der Waals surface area contributed by atoms with Crippen LogP contribution in [0.2, 0.25) is 5.02 Å². The van der Waals surface area contributed by atoms with Gasteiger partial charge in [0.15, 0.2) is 5.82 Å². The van der Waals surface area contributed by atoms with Crippen LogP contribution >= 0.6 is 11.6 Å². The lowest BCUT2D eigenvalue weighted by molar-refractivity contribution is -0.126. The lowest BCUT2D eigenvalue weighted by Crippen LogP contribution is -2.31. The molecule has 0 aliphatic heterocycles. The predicted molar refractivity (Wildman–Crippen MR) is 139 cm³/mol. The summed E-state index contributed by atoms with van der Waals surface area (Å²) < 4.78 is 41.0. The lowest BCUT2D eigenvalue weighted by atomic mass is 10.0. The second-order valence-electron chi connectivity index (χ2n) is 9.53. The molecule has 0 unspecified atom stereocenters. The van der Waals surface area contributed by atoms with Crippen molar-refractivity contribution in [3.8, 4) is 11.4 Å². The average molecular weight is 541 g/mol. The molecule has 38 heavy (non-hydrogen) atoms. The quantitative estimate of drug-likeness (QED) is 0.273. The number of ether oxygens (including phenoxy) is 2. The molecule has 1 amide bonds. The summed E-state index contributed by atoms with van der Waals surface area (Å²) >= 11 is 6.44. The maximum atomic E-state index is 14.3.